The molecule has 1 saturated heterocycles. The van der Waals surface area contributed by atoms with Gasteiger partial charge in [0.05, 0.1) is 38.4 Å². The van der Waals surface area contributed by atoms with E-state index in [1.54, 1.807) is 26.4 Å². The van der Waals surface area contributed by atoms with Crippen LogP contribution in [-0.2, 0) is 11.2 Å². The summed E-state index contributed by atoms with van der Waals surface area (Å²) in [5.74, 6) is 1.63. The van der Waals surface area contributed by atoms with Crippen molar-refractivity contribution in [3.63, 3.8) is 0 Å². The Hall–Kier alpha value is -3.37. The fourth-order valence-electron chi connectivity index (χ4n) is 4.62. The number of carbonyl (C=O) groups excluding carboxylic acids is 1. The highest BCUT2D eigenvalue weighted by Crippen LogP contribution is 2.41. The van der Waals surface area contributed by atoms with Crippen LogP contribution in [0.25, 0.3) is 11.3 Å². The molecule has 198 valence electrons. The Bertz CT molecular complexity index is 1230. The van der Waals surface area contributed by atoms with Crippen molar-refractivity contribution in [3.05, 3.63) is 59.7 Å². The molecule has 8 nitrogen and oxygen atoms in total. The number of hydrogen-bond donors (Lipinski definition) is 3. The molecule has 37 heavy (non-hydrogen) atoms. The third-order valence-corrected chi connectivity index (χ3v) is 6.71. The molecule has 5 rings (SSSR count). The summed E-state index contributed by atoms with van der Waals surface area (Å²) in [5, 5.41) is 14.0. The van der Waals surface area contributed by atoms with Crippen LogP contribution in [0.5, 0.6) is 11.5 Å². The van der Waals surface area contributed by atoms with Gasteiger partial charge in [-0.1, -0.05) is 30.3 Å². The van der Waals surface area contributed by atoms with Crippen molar-refractivity contribution in [2.45, 2.75) is 37.4 Å². The minimum absolute atomic E-state index is 0. The number of alkyl halides is 2. The Kier molecular flexibility index (Phi) is 8.19. The summed E-state index contributed by atoms with van der Waals surface area (Å²) >= 11 is 0. The molecule has 11 heteroatoms. The van der Waals surface area contributed by atoms with Crippen LogP contribution in [0.3, 0.4) is 0 Å². The van der Waals surface area contributed by atoms with E-state index in [0.29, 0.717) is 29.4 Å². The van der Waals surface area contributed by atoms with Gasteiger partial charge in [-0.25, -0.2) is 13.5 Å². The maximum Gasteiger partial charge on any atom is 0.260 e. The molecule has 2 unspecified atom stereocenters. The normalized spacial score (nSPS) is 18.7. The first-order valence-electron chi connectivity index (χ1n) is 11.9. The standard InChI is InChI=1S/C26H29F2N5O3.ClH/c1-35-22-8-7-17(10-23(22)36-2)19-11-21(26(27)28)33-24(31-19)12-20(32-33)16-5-3-15(4-6-16)9-25(34)30-18-13-29-14-18;/h3-8,10,12,18-19,21,26,29,31H,9,11,13-14H2,1-2H3,(H,30,34);1H. The van der Waals surface area contributed by atoms with Gasteiger partial charge in [0.15, 0.2) is 11.5 Å². The summed E-state index contributed by atoms with van der Waals surface area (Å²) in [4.78, 5) is 12.2. The van der Waals surface area contributed by atoms with Crippen molar-refractivity contribution >= 4 is 24.1 Å². The van der Waals surface area contributed by atoms with Crippen molar-refractivity contribution < 1.29 is 23.0 Å². The van der Waals surface area contributed by atoms with Gasteiger partial charge in [-0.3, -0.25) is 4.79 Å². The predicted molar refractivity (Wildman–Crippen MR) is 139 cm³/mol. The molecular formula is C26H30ClF2N5O3. The Labute approximate surface area is 220 Å². The highest BCUT2D eigenvalue weighted by molar-refractivity contribution is 5.85. The van der Waals surface area contributed by atoms with E-state index in [1.165, 1.54) is 4.68 Å². The van der Waals surface area contributed by atoms with Crippen molar-refractivity contribution in [1.82, 2.24) is 20.4 Å². The molecule has 1 amide bonds. The van der Waals surface area contributed by atoms with Gasteiger partial charge in [0, 0.05) is 24.7 Å². The Balaban J connectivity index is 0.00000320. The van der Waals surface area contributed by atoms with Gasteiger partial charge >= 0.3 is 0 Å². The summed E-state index contributed by atoms with van der Waals surface area (Å²) in [6.45, 7) is 1.60. The molecule has 2 aromatic carbocycles. The van der Waals surface area contributed by atoms with Crippen molar-refractivity contribution in [2.24, 2.45) is 0 Å². The molecule has 0 aliphatic carbocycles. The second-order valence-electron chi connectivity index (χ2n) is 9.10. The number of fused-ring (bicyclic) bond motifs is 1. The summed E-state index contributed by atoms with van der Waals surface area (Å²) in [6, 6.07) is 13.5. The van der Waals surface area contributed by atoms with Crippen LogP contribution >= 0.6 is 12.4 Å². The molecule has 1 fully saturated rings. The summed E-state index contributed by atoms with van der Waals surface area (Å²) in [6.07, 6.45) is -2.11. The predicted octanol–water partition coefficient (Wildman–Crippen LogP) is 3.98. The maximum atomic E-state index is 14.1. The van der Waals surface area contributed by atoms with Crippen LogP contribution in [0.1, 0.15) is 29.6 Å². The second-order valence-corrected chi connectivity index (χ2v) is 9.10. The van der Waals surface area contributed by atoms with Gasteiger partial charge in [0.25, 0.3) is 6.43 Å². The third kappa shape index (κ3) is 5.65. The molecule has 3 N–H and O–H groups in total. The molecule has 0 radical (unpaired) electrons. The number of hydrogen-bond acceptors (Lipinski definition) is 6. The number of halogens is 3. The fourth-order valence-corrected chi connectivity index (χ4v) is 4.62. The van der Waals surface area contributed by atoms with Crippen LogP contribution < -0.4 is 25.4 Å². The summed E-state index contributed by atoms with van der Waals surface area (Å²) in [5.41, 5.74) is 3.09. The number of benzene rings is 2. The number of nitrogens with one attached hydrogen (secondary N) is 3. The van der Waals surface area contributed by atoms with E-state index in [-0.39, 0.29) is 36.8 Å². The van der Waals surface area contributed by atoms with Crippen LogP contribution in [0.2, 0.25) is 0 Å². The minimum atomic E-state index is -2.58. The first kappa shape index (κ1) is 26.7. The van der Waals surface area contributed by atoms with E-state index >= 15 is 0 Å². The fraction of sp³-hybridized carbons (Fsp3) is 0.385. The Morgan fingerprint density at radius 3 is 2.46 bits per heavy atom. The lowest BCUT2D eigenvalue weighted by Gasteiger charge is -2.32. The first-order chi connectivity index (χ1) is 17.4. The molecule has 2 aliphatic rings. The quantitative estimate of drug-likeness (QED) is 0.406. The van der Waals surface area contributed by atoms with Gasteiger partial charge in [0.1, 0.15) is 11.9 Å². The van der Waals surface area contributed by atoms with E-state index < -0.39 is 12.5 Å². The number of amides is 1. The average molecular weight is 534 g/mol. The molecule has 2 aliphatic heterocycles. The van der Waals surface area contributed by atoms with E-state index in [2.05, 4.69) is 21.0 Å². The topological polar surface area (TPSA) is 89.4 Å². The molecule has 3 heterocycles. The number of anilines is 1. The van der Waals surface area contributed by atoms with Gasteiger partial charge in [-0.05, 0) is 29.7 Å². The van der Waals surface area contributed by atoms with Crippen LogP contribution in [0.4, 0.5) is 14.6 Å². The second kappa shape index (κ2) is 11.4. The van der Waals surface area contributed by atoms with E-state index in [0.717, 1.165) is 29.8 Å². The zero-order valence-electron chi connectivity index (χ0n) is 20.5. The number of ether oxygens (including phenoxy) is 2. The molecular weight excluding hydrogens is 504 g/mol. The highest BCUT2D eigenvalue weighted by atomic mass is 35.5. The Morgan fingerprint density at radius 1 is 1.11 bits per heavy atom. The minimum Gasteiger partial charge on any atom is -0.493 e. The third-order valence-electron chi connectivity index (χ3n) is 6.71. The Morgan fingerprint density at radius 2 is 1.84 bits per heavy atom. The van der Waals surface area contributed by atoms with Crippen LogP contribution in [-0.4, -0.2) is 55.5 Å². The van der Waals surface area contributed by atoms with Gasteiger partial charge in [-0.2, -0.15) is 5.10 Å². The van der Waals surface area contributed by atoms with Gasteiger partial charge < -0.3 is 25.4 Å². The molecule has 0 bridgehead atoms. The number of methoxy groups -OCH3 is 2. The van der Waals surface area contributed by atoms with Crippen molar-refractivity contribution in [2.75, 3.05) is 32.6 Å². The monoisotopic (exact) mass is 533 g/mol. The zero-order valence-corrected chi connectivity index (χ0v) is 21.4. The lowest BCUT2D eigenvalue weighted by atomic mass is 9.97. The lowest BCUT2D eigenvalue weighted by Crippen LogP contribution is -2.57. The first-order valence-corrected chi connectivity index (χ1v) is 11.9. The molecule has 3 aromatic rings. The maximum absolute atomic E-state index is 14.1. The highest BCUT2D eigenvalue weighted by Gasteiger charge is 2.35. The smallest absolute Gasteiger partial charge is 0.260 e. The number of nitrogens with zero attached hydrogens (tertiary/aromatic N) is 2. The summed E-state index contributed by atoms with van der Waals surface area (Å²) in [7, 11) is 3.10. The number of carbonyl (C=O) groups is 1. The SMILES string of the molecule is COc1ccc(C2CC(C(F)F)n3nc(-c4ccc(CC(=O)NC5CNC5)cc4)cc3N2)cc1OC.Cl. The van der Waals surface area contributed by atoms with Crippen molar-refractivity contribution in [3.8, 4) is 22.8 Å². The van der Waals surface area contributed by atoms with E-state index in [4.69, 9.17) is 9.47 Å². The number of rotatable bonds is 8. The van der Waals surface area contributed by atoms with Crippen molar-refractivity contribution in [1.29, 1.82) is 0 Å². The largest absolute Gasteiger partial charge is 0.493 e. The average Bonchev–Trinajstić information content (AvgIpc) is 3.29. The van der Waals surface area contributed by atoms with Crippen LogP contribution in [0, 0.1) is 0 Å². The van der Waals surface area contributed by atoms with Gasteiger partial charge in [-0.15, -0.1) is 12.4 Å². The van der Waals surface area contributed by atoms with Crippen LogP contribution in [0.15, 0.2) is 48.5 Å². The zero-order chi connectivity index (χ0) is 25.2. The molecule has 2 atom stereocenters. The molecule has 1 aromatic heterocycles. The number of aromatic nitrogens is 2. The lowest BCUT2D eigenvalue weighted by molar-refractivity contribution is -0.121. The molecule has 0 saturated carbocycles. The summed E-state index contributed by atoms with van der Waals surface area (Å²) < 4.78 is 40.2. The van der Waals surface area contributed by atoms with E-state index in [9.17, 15) is 13.6 Å². The van der Waals surface area contributed by atoms with E-state index in [1.807, 2.05) is 36.4 Å². The van der Waals surface area contributed by atoms with Gasteiger partial charge in [0.2, 0.25) is 5.91 Å². The molecule has 0 spiro atoms.